The van der Waals surface area contributed by atoms with Crippen molar-refractivity contribution in [3.05, 3.63) is 65.7 Å². The normalized spacial score (nSPS) is 16.9. The van der Waals surface area contributed by atoms with Gasteiger partial charge >= 0.3 is 0 Å². The summed E-state index contributed by atoms with van der Waals surface area (Å²) in [4.78, 5) is 17.5. The van der Waals surface area contributed by atoms with Gasteiger partial charge in [-0.15, -0.1) is 0 Å². The first-order chi connectivity index (χ1) is 10.7. The number of Topliss-reactive ketones (excluding diaryl/α,β-unsaturated/α-hetero) is 1. The van der Waals surface area contributed by atoms with Crippen molar-refractivity contribution in [1.29, 1.82) is 0 Å². The molecular formula is C18H17NO3. The number of hydrogen-bond donors (Lipinski definition) is 1. The summed E-state index contributed by atoms with van der Waals surface area (Å²) < 4.78 is 0. The summed E-state index contributed by atoms with van der Waals surface area (Å²) >= 11 is 0. The molecule has 1 atom stereocenters. The molecule has 112 valence electrons. The van der Waals surface area contributed by atoms with Crippen LogP contribution in [-0.2, 0) is 16.1 Å². The van der Waals surface area contributed by atoms with Crippen molar-refractivity contribution >= 4 is 11.5 Å². The molecule has 1 heterocycles. The minimum atomic E-state index is -0.194. The number of hydrogen-bond acceptors (Lipinski definition) is 4. The maximum absolute atomic E-state index is 12.1. The van der Waals surface area contributed by atoms with Gasteiger partial charge in [-0.2, -0.15) is 0 Å². The SMILES string of the molecule is O=C(Cc1ccccc1)CC1CC(c2ccc(O)cc2)=NO1. The molecule has 2 aromatic carbocycles. The van der Waals surface area contributed by atoms with Crippen LogP contribution in [0.25, 0.3) is 0 Å². The van der Waals surface area contributed by atoms with Gasteiger partial charge in [-0.1, -0.05) is 35.5 Å². The van der Waals surface area contributed by atoms with Gasteiger partial charge in [0.1, 0.15) is 17.6 Å². The number of aromatic hydroxyl groups is 1. The van der Waals surface area contributed by atoms with Crippen molar-refractivity contribution in [3.8, 4) is 5.75 Å². The van der Waals surface area contributed by atoms with Crippen LogP contribution in [0.3, 0.4) is 0 Å². The number of phenols is 1. The highest BCUT2D eigenvalue weighted by molar-refractivity contribution is 6.01. The van der Waals surface area contributed by atoms with Crippen molar-refractivity contribution < 1.29 is 14.7 Å². The summed E-state index contributed by atoms with van der Waals surface area (Å²) in [5.41, 5.74) is 2.75. The van der Waals surface area contributed by atoms with Crippen LogP contribution in [0.2, 0.25) is 0 Å². The Labute approximate surface area is 129 Å². The predicted molar refractivity (Wildman–Crippen MR) is 83.9 cm³/mol. The van der Waals surface area contributed by atoms with Gasteiger partial charge in [-0.25, -0.2) is 0 Å². The molecule has 22 heavy (non-hydrogen) atoms. The lowest BCUT2D eigenvalue weighted by Crippen LogP contribution is -2.16. The third-order valence-corrected chi connectivity index (χ3v) is 3.63. The first-order valence-electron chi connectivity index (χ1n) is 7.28. The lowest BCUT2D eigenvalue weighted by Gasteiger charge is -2.07. The Morgan fingerprint density at radius 3 is 2.59 bits per heavy atom. The lowest BCUT2D eigenvalue weighted by atomic mass is 9.99. The summed E-state index contributed by atoms with van der Waals surface area (Å²) in [5, 5.41) is 13.4. The first kappa shape index (κ1) is 14.3. The first-order valence-corrected chi connectivity index (χ1v) is 7.28. The number of phenolic OH excluding ortho intramolecular Hbond substituents is 1. The summed E-state index contributed by atoms with van der Waals surface area (Å²) in [6, 6.07) is 16.5. The fourth-order valence-corrected chi connectivity index (χ4v) is 2.51. The standard InChI is InChI=1S/C18H17NO3/c20-15-8-6-14(7-9-15)18-12-17(22-19-18)11-16(21)10-13-4-2-1-3-5-13/h1-9,17,20H,10-12H2. The van der Waals surface area contributed by atoms with Crippen molar-refractivity contribution in [2.75, 3.05) is 0 Å². The summed E-state index contributed by atoms with van der Waals surface area (Å²) in [5.74, 6) is 0.371. The zero-order chi connectivity index (χ0) is 15.4. The molecule has 0 saturated carbocycles. The number of ketones is 1. The quantitative estimate of drug-likeness (QED) is 0.922. The van der Waals surface area contributed by atoms with E-state index >= 15 is 0 Å². The van der Waals surface area contributed by atoms with E-state index < -0.39 is 0 Å². The van der Waals surface area contributed by atoms with Crippen LogP contribution in [0.4, 0.5) is 0 Å². The number of nitrogens with zero attached hydrogens (tertiary/aromatic N) is 1. The molecule has 0 aliphatic carbocycles. The Kier molecular flexibility index (Phi) is 4.19. The van der Waals surface area contributed by atoms with Crippen molar-refractivity contribution in [2.24, 2.45) is 5.16 Å². The van der Waals surface area contributed by atoms with Crippen LogP contribution in [-0.4, -0.2) is 22.7 Å². The highest BCUT2D eigenvalue weighted by Gasteiger charge is 2.24. The fraction of sp³-hybridized carbons (Fsp3) is 0.222. The predicted octanol–water partition coefficient (Wildman–Crippen LogP) is 3.09. The molecular weight excluding hydrogens is 278 g/mol. The van der Waals surface area contributed by atoms with Gasteiger partial charge in [0.15, 0.2) is 0 Å². The molecule has 3 rings (SSSR count). The molecule has 0 bridgehead atoms. The van der Waals surface area contributed by atoms with E-state index in [4.69, 9.17) is 4.84 Å². The molecule has 1 unspecified atom stereocenters. The summed E-state index contributed by atoms with van der Waals surface area (Å²) in [6.07, 6.45) is 1.21. The van der Waals surface area contributed by atoms with Crippen LogP contribution in [0, 0.1) is 0 Å². The third-order valence-electron chi connectivity index (χ3n) is 3.63. The van der Waals surface area contributed by atoms with Crippen molar-refractivity contribution in [2.45, 2.75) is 25.4 Å². The van der Waals surface area contributed by atoms with Gasteiger partial charge in [0.05, 0.1) is 5.71 Å². The molecule has 0 saturated heterocycles. The zero-order valence-corrected chi connectivity index (χ0v) is 12.1. The molecule has 4 heteroatoms. The molecule has 0 amide bonds. The number of carbonyl (C=O) groups is 1. The van der Waals surface area contributed by atoms with Crippen LogP contribution in [0.1, 0.15) is 24.0 Å². The van der Waals surface area contributed by atoms with Crippen molar-refractivity contribution in [1.82, 2.24) is 0 Å². The molecule has 2 aromatic rings. The van der Waals surface area contributed by atoms with Gasteiger partial charge in [-0.3, -0.25) is 4.79 Å². The van der Waals surface area contributed by atoms with Gasteiger partial charge in [0.25, 0.3) is 0 Å². The maximum atomic E-state index is 12.1. The zero-order valence-electron chi connectivity index (χ0n) is 12.1. The van der Waals surface area contributed by atoms with Gasteiger partial charge in [0, 0.05) is 19.3 Å². The molecule has 1 aliphatic heterocycles. The average molecular weight is 295 g/mol. The Balaban J connectivity index is 1.54. The number of rotatable bonds is 5. The van der Waals surface area contributed by atoms with Crippen LogP contribution in [0.5, 0.6) is 5.75 Å². The Hall–Kier alpha value is -2.62. The van der Waals surface area contributed by atoms with Crippen molar-refractivity contribution in [3.63, 3.8) is 0 Å². The molecule has 0 spiro atoms. The second-order valence-corrected chi connectivity index (χ2v) is 5.42. The van der Waals surface area contributed by atoms with E-state index in [0.717, 1.165) is 16.8 Å². The average Bonchev–Trinajstić information content (AvgIpc) is 2.97. The highest BCUT2D eigenvalue weighted by Crippen LogP contribution is 2.21. The smallest absolute Gasteiger partial charge is 0.141 e. The van der Waals surface area contributed by atoms with E-state index in [9.17, 15) is 9.90 Å². The lowest BCUT2D eigenvalue weighted by molar-refractivity contribution is -0.120. The number of oxime groups is 1. The van der Waals surface area contributed by atoms with E-state index in [1.54, 1.807) is 24.3 Å². The molecule has 0 fully saturated rings. The minimum absolute atomic E-state index is 0.151. The molecule has 0 aromatic heterocycles. The Bertz CT molecular complexity index is 677. The topological polar surface area (TPSA) is 58.9 Å². The second kappa shape index (κ2) is 6.43. The molecule has 1 N–H and O–H groups in total. The molecule has 1 aliphatic rings. The van der Waals surface area contributed by atoms with Gasteiger partial charge < -0.3 is 9.94 Å². The molecule has 4 nitrogen and oxygen atoms in total. The van der Waals surface area contributed by atoms with E-state index in [0.29, 0.717) is 19.3 Å². The Morgan fingerprint density at radius 2 is 1.86 bits per heavy atom. The van der Waals surface area contributed by atoms with Crippen LogP contribution >= 0.6 is 0 Å². The van der Waals surface area contributed by atoms with Crippen LogP contribution in [0.15, 0.2) is 59.8 Å². The second-order valence-electron chi connectivity index (χ2n) is 5.42. The van der Waals surface area contributed by atoms with E-state index in [1.807, 2.05) is 30.3 Å². The number of benzene rings is 2. The van der Waals surface area contributed by atoms with E-state index in [2.05, 4.69) is 5.16 Å². The Morgan fingerprint density at radius 1 is 1.14 bits per heavy atom. The van der Waals surface area contributed by atoms with E-state index in [1.165, 1.54) is 0 Å². The summed E-state index contributed by atoms with van der Waals surface area (Å²) in [6.45, 7) is 0. The monoisotopic (exact) mass is 295 g/mol. The van der Waals surface area contributed by atoms with Crippen LogP contribution < -0.4 is 0 Å². The summed E-state index contributed by atoms with van der Waals surface area (Å²) in [7, 11) is 0. The van der Waals surface area contributed by atoms with Gasteiger partial charge in [0.2, 0.25) is 0 Å². The van der Waals surface area contributed by atoms with E-state index in [-0.39, 0.29) is 17.6 Å². The number of carbonyl (C=O) groups excluding carboxylic acids is 1. The minimum Gasteiger partial charge on any atom is -0.508 e. The maximum Gasteiger partial charge on any atom is 0.141 e. The third kappa shape index (κ3) is 3.52. The largest absolute Gasteiger partial charge is 0.508 e. The highest BCUT2D eigenvalue weighted by atomic mass is 16.6. The molecule has 0 radical (unpaired) electrons. The van der Waals surface area contributed by atoms with Gasteiger partial charge in [-0.05, 0) is 35.4 Å². The fourth-order valence-electron chi connectivity index (χ4n) is 2.51.